The molecule has 1 aliphatic rings. The van der Waals surface area contributed by atoms with Crippen molar-refractivity contribution >= 4 is 29.1 Å². The second-order valence-corrected chi connectivity index (χ2v) is 5.18. The van der Waals surface area contributed by atoms with Crippen LogP contribution >= 0.6 is 11.6 Å². The van der Waals surface area contributed by atoms with Crippen LogP contribution in [0.2, 0.25) is 5.15 Å². The normalized spacial score (nSPS) is 19.8. The number of carbonyl (C=O) groups excluding carboxylic acids is 1. The summed E-state index contributed by atoms with van der Waals surface area (Å²) >= 11 is 5.78. The molecule has 0 aliphatic carbocycles. The van der Waals surface area contributed by atoms with E-state index in [1.807, 2.05) is 6.92 Å². The standard InChI is InChI=1S/C12H19ClN6O/c1-2-6(7-4-3-5-16-7)17-12(20)8-10(14)19-11(15)9(13)18-8/h6-7,16H,2-5H2,1H3,(H,17,20)(H4,14,15,19)/t6?,7-/m1/s1. The molecule has 7 nitrogen and oxygen atoms in total. The van der Waals surface area contributed by atoms with E-state index in [0.717, 1.165) is 25.8 Å². The van der Waals surface area contributed by atoms with E-state index in [2.05, 4.69) is 20.6 Å². The monoisotopic (exact) mass is 298 g/mol. The first-order valence-electron chi connectivity index (χ1n) is 6.65. The van der Waals surface area contributed by atoms with Gasteiger partial charge in [0, 0.05) is 12.1 Å². The summed E-state index contributed by atoms with van der Waals surface area (Å²) in [6, 6.07) is 0.310. The summed E-state index contributed by atoms with van der Waals surface area (Å²) in [7, 11) is 0. The Kier molecular flexibility index (Phi) is 4.61. The largest absolute Gasteiger partial charge is 0.382 e. The molecule has 20 heavy (non-hydrogen) atoms. The molecule has 0 spiro atoms. The maximum absolute atomic E-state index is 12.2. The molecule has 0 bridgehead atoms. The number of nitrogens with two attached hydrogens (primary N) is 2. The number of carbonyl (C=O) groups is 1. The fourth-order valence-corrected chi connectivity index (χ4v) is 2.51. The number of nitrogen functional groups attached to an aromatic ring is 2. The molecule has 1 saturated heterocycles. The van der Waals surface area contributed by atoms with Crippen molar-refractivity contribution in [3.8, 4) is 0 Å². The van der Waals surface area contributed by atoms with Gasteiger partial charge in [0.05, 0.1) is 0 Å². The minimum Gasteiger partial charge on any atom is -0.382 e. The summed E-state index contributed by atoms with van der Waals surface area (Å²) in [6.45, 7) is 3.00. The molecule has 1 unspecified atom stereocenters. The Morgan fingerprint density at radius 2 is 2.25 bits per heavy atom. The average molecular weight is 299 g/mol. The third-order valence-electron chi connectivity index (χ3n) is 3.46. The molecule has 0 radical (unpaired) electrons. The second-order valence-electron chi connectivity index (χ2n) is 4.82. The quantitative estimate of drug-likeness (QED) is 0.645. The van der Waals surface area contributed by atoms with Gasteiger partial charge in [0.15, 0.2) is 22.5 Å². The van der Waals surface area contributed by atoms with Crippen LogP contribution in [0.4, 0.5) is 11.6 Å². The van der Waals surface area contributed by atoms with E-state index in [4.69, 9.17) is 23.1 Å². The Morgan fingerprint density at radius 1 is 1.50 bits per heavy atom. The topological polar surface area (TPSA) is 119 Å². The van der Waals surface area contributed by atoms with Crippen LogP contribution < -0.4 is 22.1 Å². The van der Waals surface area contributed by atoms with E-state index in [-0.39, 0.29) is 40.5 Å². The summed E-state index contributed by atoms with van der Waals surface area (Å²) < 4.78 is 0. The molecule has 110 valence electrons. The van der Waals surface area contributed by atoms with Crippen LogP contribution in [0.15, 0.2) is 0 Å². The lowest BCUT2D eigenvalue weighted by molar-refractivity contribution is 0.0923. The van der Waals surface area contributed by atoms with Gasteiger partial charge in [0.1, 0.15) is 0 Å². The first-order valence-corrected chi connectivity index (χ1v) is 7.03. The van der Waals surface area contributed by atoms with E-state index in [1.54, 1.807) is 0 Å². The maximum Gasteiger partial charge on any atom is 0.274 e. The molecule has 0 aromatic carbocycles. The van der Waals surface area contributed by atoms with Crippen molar-refractivity contribution < 1.29 is 4.79 Å². The summed E-state index contributed by atoms with van der Waals surface area (Å²) in [4.78, 5) is 20.0. The number of rotatable bonds is 4. The van der Waals surface area contributed by atoms with Crippen LogP contribution in [0, 0.1) is 0 Å². The average Bonchev–Trinajstić information content (AvgIpc) is 2.93. The predicted octanol–water partition coefficient (Wildman–Crippen LogP) is 0.555. The SMILES string of the molecule is CCC(NC(=O)c1nc(Cl)c(N)nc1N)[C@H]1CCCN1. The second kappa shape index (κ2) is 6.23. The van der Waals surface area contributed by atoms with Crippen LogP contribution in [0.3, 0.4) is 0 Å². The van der Waals surface area contributed by atoms with Crippen molar-refractivity contribution in [2.45, 2.75) is 38.3 Å². The molecular weight excluding hydrogens is 280 g/mol. The molecule has 1 aromatic heterocycles. The minimum absolute atomic E-state index is 0.0145. The van der Waals surface area contributed by atoms with Crippen LogP contribution in [-0.4, -0.2) is 34.5 Å². The molecule has 2 rings (SSSR count). The smallest absolute Gasteiger partial charge is 0.274 e. The number of anilines is 2. The highest BCUT2D eigenvalue weighted by Gasteiger charge is 2.26. The molecule has 1 aromatic rings. The van der Waals surface area contributed by atoms with Gasteiger partial charge in [-0.05, 0) is 25.8 Å². The Balaban J connectivity index is 2.12. The number of amides is 1. The molecule has 6 N–H and O–H groups in total. The number of nitrogens with zero attached hydrogens (tertiary/aromatic N) is 2. The molecule has 2 heterocycles. The lowest BCUT2D eigenvalue weighted by atomic mass is 10.0. The number of halogens is 1. The third kappa shape index (κ3) is 3.10. The Morgan fingerprint density at radius 3 is 2.85 bits per heavy atom. The van der Waals surface area contributed by atoms with Crippen LogP contribution in [0.1, 0.15) is 36.7 Å². The molecule has 0 saturated carbocycles. The van der Waals surface area contributed by atoms with Crippen molar-refractivity contribution in [1.82, 2.24) is 20.6 Å². The predicted molar refractivity (Wildman–Crippen MR) is 78.4 cm³/mol. The van der Waals surface area contributed by atoms with Gasteiger partial charge >= 0.3 is 0 Å². The van der Waals surface area contributed by atoms with Gasteiger partial charge < -0.3 is 22.1 Å². The van der Waals surface area contributed by atoms with Gasteiger partial charge in [-0.2, -0.15) is 0 Å². The molecule has 1 amide bonds. The molecule has 8 heteroatoms. The fraction of sp³-hybridized carbons (Fsp3) is 0.583. The summed E-state index contributed by atoms with van der Waals surface area (Å²) in [5.74, 6) is -0.374. The molecule has 1 fully saturated rings. The first kappa shape index (κ1) is 14.8. The molecular formula is C12H19ClN6O. The van der Waals surface area contributed by atoms with E-state index in [0.29, 0.717) is 0 Å². The van der Waals surface area contributed by atoms with Crippen molar-refractivity contribution in [2.24, 2.45) is 0 Å². The van der Waals surface area contributed by atoms with E-state index in [1.165, 1.54) is 0 Å². The van der Waals surface area contributed by atoms with E-state index >= 15 is 0 Å². The fourth-order valence-electron chi connectivity index (χ4n) is 2.39. The van der Waals surface area contributed by atoms with Gasteiger partial charge in [-0.3, -0.25) is 4.79 Å². The number of hydrogen-bond acceptors (Lipinski definition) is 6. The van der Waals surface area contributed by atoms with Crippen LogP contribution in [0.25, 0.3) is 0 Å². The maximum atomic E-state index is 12.2. The Hall–Kier alpha value is -1.60. The highest BCUT2D eigenvalue weighted by molar-refractivity contribution is 6.31. The van der Waals surface area contributed by atoms with Crippen molar-refractivity contribution in [3.05, 3.63) is 10.8 Å². The van der Waals surface area contributed by atoms with Gasteiger partial charge in [-0.25, -0.2) is 9.97 Å². The summed E-state index contributed by atoms with van der Waals surface area (Å²) in [5.41, 5.74) is 11.2. The van der Waals surface area contributed by atoms with Crippen LogP contribution in [0.5, 0.6) is 0 Å². The highest BCUT2D eigenvalue weighted by Crippen LogP contribution is 2.18. The zero-order chi connectivity index (χ0) is 14.7. The Labute approximate surface area is 122 Å². The molecule has 1 aliphatic heterocycles. The van der Waals surface area contributed by atoms with Gasteiger partial charge in [0.25, 0.3) is 5.91 Å². The highest BCUT2D eigenvalue weighted by atomic mass is 35.5. The zero-order valence-corrected chi connectivity index (χ0v) is 12.1. The summed E-state index contributed by atoms with van der Waals surface area (Å²) in [5, 5.41) is 6.28. The Bertz CT molecular complexity index is 503. The number of aromatic nitrogens is 2. The number of hydrogen-bond donors (Lipinski definition) is 4. The van der Waals surface area contributed by atoms with Gasteiger partial charge in [-0.1, -0.05) is 18.5 Å². The summed E-state index contributed by atoms with van der Waals surface area (Å²) in [6.07, 6.45) is 2.98. The van der Waals surface area contributed by atoms with E-state index in [9.17, 15) is 4.79 Å². The first-order chi connectivity index (χ1) is 9.52. The lowest BCUT2D eigenvalue weighted by Gasteiger charge is -2.23. The van der Waals surface area contributed by atoms with Crippen molar-refractivity contribution in [2.75, 3.05) is 18.0 Å². The van der Waals surface area contributed by atoms with Crippen LogP contribution in [-0.2, 0) is 0 Å². The minimum atomic E-state index is -0.377. The van der Waals surface area contributed by atoms with Crippen molar-refractivity contribution in [1.29, 1.82) is 0 Å². The molecule has 2 atom stereocenters. The lowest BCUT2D eigenvalue weighted by Crippen LogP contribution is -2.47. The number of nitrogens with one attached hydrogen (secondary N) is 2. The van der Waals surface area contributed by atoms with E-state index < -0.39 is 0 Å². The van der Waals surface area contributed by atoms with Gasteiger partial charge in [-0.15, -0.1) is 0 Å². The third-order valence-corrected chi connectivity index (χ3v) is 3.74. The van der Waals surface area contributed by atoms with Crippen molar-refractivity contribution in [3.63, 3.8) is 0 Å². The zero-order valence-electron chi connectivity index (χ0n) is 11.3. The van der Waals surface area contributed by atoms with Gasteiger partial charge in [0.2, 0.25) is 0 Å².